The third-order valence-corrected chi connectivity index (χ3v) is 5.02. The van der Waals surface area contributed by atoms with E-state index in [0.717, 1.165) is 5.39 Å². The number of benzene rings is 1. The number of carbonyl (C=O) groups is 3. The standard InChI is InChI=1S/C23H25NO6/c1-6-28-11-17-16-9-7-8-10-18(16)30-22(17)23(27)29-15(5)21(26)20-12(2)19(14(4)25)13(3)24-20/h7-10,15,24H,6,11H2,1-5H3/t15-/m0/s1. The van der Waals surface area contributed by atoms with Gasteiger partial charge in [0.25, 0.3) is 0 Å². The molecule has 1 aromatic carbocycles. The third kappa shape index (κ3) is 3.93. The number of aromatic amines is 1. The molecule has 0 radical (unpaired) electrons. The summed E-state index contributed by atoms with van der Waals surface area (Å²) in [4.78, 5) is 40.5. The van der Waals surface area contributed by atoms with Crippen LogP contribution in [0.4, 0.5) is 0 Å². The molecule has 0 aliphatic carbocycles. The predicted octanol–water partition coefficient (Wildman–Crippen LogP) is 4.55. The number of hydrogen-bond donors (Lipinski definition) is 1. The molecule has 3 rings (SSSR count). The Balaban J connectivity index is 1.86. The van der Waals surface area contributed by atoms with E-state index in [1.54, 1.807) is 26.0 Å². The van der Waals surface area contributed by atoms with Crippen molar-refractivity contribution >= 4 is 28.5 Å². The first kappa shape index (κ1) is 21.5. The van der Waals surface area contributed by atoms with Gasteiger partial charge in [0.05, 0.1) is 12.3 Å². The molecule has 158 valence electrons. The van der Waals surface area contributed by atoms with Gasteiger partial charge in [0.2, 0.25) is 11.5 Å². The Hall–Kier alpha value is -3.19. The fourth-order valence-electron chi connectivity index (χ4n) is 3.61. The topological polar surface area (TPSA) is 98.6 Å². The maximum Gasteiger partial charge on any atom is 0.375 e. The van der Waals surface area contributed by atoms with E-state index < -0.39 is 17.9 Å². The number of esters is 1. The summed E-state index contributed by atoms with van der Waals surface area (Å²) < 4.78 is 16.6. The Kier molecular flexibility index (Phi) is 6.22. The molecule has 0 unspecified atom stereocenters. The summed E-state index contributed by atoms with van der Waals surface area (Å²) in [7, 11) is 0. The van der Waals surface area contributed by atoms with E-state index in [2.05, 4.69) is 4.98 Å². The predicted molar refractivity (Wildman–Crippen MR) is 111 cm³/mol. The highest BCUT2D eigenvalue weighted by atomic mass is 16.6. The van der Waals surface area contributed by atoms with Crippen molar-refractivity contribution in [2.45, 2.75) is 47.3 Å². The highest BCUT2D eigenvalue weighted by molar-refractivity contribution is 6.06. The van der Waals surface area contributed by atoms with Crippen LogP contribution in [0.1, 0.15) is 69.0 Å². The molecule has 30 heavy (non-hydrogen) atoms. The van der Waals surface area contributed by atoms with Gasteiger partial charge in [0.15, 0.2) is 11.9 Å². The molecule has 1 N–H and O–H groups in total. The molecule has 1 atom stereocenters. The minimum atomic E-state index is -1.07. The van der Waals surface area contributed by atoms with Crippen LogP contribution in [0.3, 0.4) is 0 Å². The smallest absolute Gasteiger partial charge is 0.375 e. The number of hydrogen-bond acceptors (Lipinski definition) is 6. The Labute approximate surface area is 174 Å². The van der Waals surface area contributed by atoms with Gasteiger partial charge in [0, 0.05) is 28.8 Å². The van der Waals surface area contributed by atoms with E-state index >= 15 is 0 Å². The molecule has 0 bridgehead atoms. The number of Topliss-reactive ketones (excluding diaryl/α,β-unsaturated/α-hetero) is 2. The Bertz CT molecular complexity index is 1120. The summed E-state index contributed by atoms with van der Waals surface area (Å²) >= 11 is 0. The van der Waals surface area contributed by atoms with Gasteiger partial charge >= 0.3 is 5.97 Å². The highest BCUT2D eigenvalue weighted by Gasteiger charge is 2.29. The number of H-pyrrole nitrogens is 1. The number of rotatable bonds is 8. The van der Waals surface area contributed by atoms with E-state index in [-0.39, 0.29) is 23.8 Å². The lowest BCUT2D eigenvalue weighted by atomic mass is 10.0. The van der Waals surface area contributed by atoms with Crippen LogP contribution in [0.5, 0.6) is 0 Å². The lowest BCUT2D eigenvalue weighted by molar-refractivity contribution is 0.0283. The normalized spacial score (nSPS) is 12.2. The fourth-order valence-corrected chi connectivity index (χ4v) is 3.61. The highest BCUT2D eigenvalue weighted by Crippen LogP contribution is 2.28. The van der Waals surface area contributed by atoms with Crippen LogP contribution in [0.2, 0.25) is 0 Å². The van der Waals surface area contributed by atoms with Crippen molar-refractivity contribution in [2.75, 3.05) is 6.61 Å². The molecule has 3 aromatic rings. The second-order valence-corrected chi connectivity index (χ2v) is 7.14. The number of ketones is 2. The summed E-state index contributed by atoms with van der Waals surface area (Å²) in [5.74, 6) is -1.27. The Morgan fingerprint density at radius 2 is 1.87 bits per heavy atom. The maximum absolute atomic E-state index is 12.9. The molecule has 7 nitrogen and oxygen atoms in total. The number of aryl methyl sites for hydroxylation is 1. The molecular formula is C23H25NO6. The van der Waals surface area contributed by atoms with Crippen molar-refractivity contribution < 1.29 is 28.3 Å². The second-order valence-electron chi connectivity index (χ2n) is 7.14. The van der Waals surface area contributed by atoms with Crippen molar-refractivity contribution in [3.63, 3.8) is 0 Å². The number of para-hydroxylation sites is 1. The van der Waals surface area contributed by atoms with Crippen molar-refractivity contribution in [1.29, 1.82) is 0 Å². The van der Waals surface area contributed by atoms with Gasteiger partial charge in [-0.05, 0) is 46.2 Å². The average molecular weight is 411 g/mol. The lowest BCUT2D eigenvalue weighted by Gasteiger charge is -2.12. The number of carbonyl (C=O) groups excluding carboxylic acids is 3. The zero-order valence-electron chi connectivity index (χ0n) is 17.8. The van der Waals surface area contributed by atoms with Crippen molar-refractivity contribution in [1.82, 2.24) is 4.98 Å². The minimum Gasteiger partial charge on any atom is -0.449 e. The molecule has 0 saturated carbocycles. The van der Waals surface area contributed by atoms with Gasteiger partial charge in [-0.15, -0.1) is 0 Å². The first-order chi connectivity index (χ1) is 14.3. The number of nitrogens with one attached hydrogen (secondary N) is 1. The first-order valence-corrected chi connectivity index (χ1v) is 9.79. The van der Waals surface area contributed by atoms with E-state index in [1.165, 1.54) is 13.8 Å². The Morgan fingerprint density at radius 3 is 2.50 bits per heavy atom. The van der Waals surface area contributed by atoms with Crippen molar-refractivity contribution in [2.24, 2.45) is 0 Å². The molecule has 0 aliphatic rings. The summed E-state index contributed by atoms with van der Waals surface area (Å²) in [5.41, 5.74) is 3.03. The van der Waals surface area contributed by atoms with Crippen LogP contribution in [-0.2, 0) is 16.1 Å². The maximum atomic E-state index is 12.9. The zero-order valence-corrected chi connectivity index (χ0v) is 17.8. The molecule has 0 aliphatic heterocycles. The lowest BCUT2D eigenvalue weighted by Crippen LogP contribution is -2.25. The van der Waals surface area contributed by atoms with Crippen LogP contribution in [0, 0.1) is 13.8 Å². The summed E-state index contributed by atoms with van der Waals surface area (Å²) in [5, 5.41) is 0.763. The number of aromatic nitrogens is 1. The van der Waals surface area contributed by atoms with Crippen LogP contribution < -0.4 is 0 Å². The van der Waals surface area contributed by atoms with Gasteiger partial charge in [0.1, 0.15) is 5.58 Å². The van der Waals surface area contributed by atoms with E-state index in [1.807, 2.05) is 19.1 Å². The van der Waals surface area contributed by atoms with Gasteiger partial charge in [-0.3, -0.25) is 9.59 Å². The molecule has 0 saturated heterocycles. The first-order valence-electron chi connectivity index (χ1n) is 9.79. The van der Waals surface area contributed by atoms with Gasteiger partial charge in [-0.1, -0.05) is 18.2 Å². The molecule has 7 heteroatoms. The molecule has 0 spiro atoms. The second kappa shape index (κ2) is 8.67. The fraction of sp³-hybridized carbons (Fsp3) is 0.348. The molecular weight excluding hydrogens is 386 g/mol. The zero-order chi connectivity index (χ0) is 22.0. The van der Waals surface area contributed by atoms with Crippen LogP contribution in [-0.4, -0.2) is 35.2 Å². The van der Waals surface area contributed by atoms with Gasteiger partial charge < -0.3 is 18.9 Å². The van der Waals surface area contributed by atoms with Crippen LogP contribution in [0.15, 0.2) is 28.7 Å². The van der Waals surface area contributed by atoms with E-state index in [9.17, 15) is 14.4 Å². The largest absolute Gasteiger partial charge is 0.449 e. The molecule has 2 aromatic heterocycles. The van der Waals surface area contributed by atoms with Gasteiger partial charge in [-0.2, -0.15) is 0 Å². The average Bonchev–Trinajstić information content (AvgIpc) is 3.22. The molecule has 2 heterocycles. The monoisotopic (exact) mass is 411 g/mol. The van der Waals surface area contributed by atoms with Crippen molar-refractivity contribution in [3.05, 3.63) is 58.1 Å². The number of ether oxygens (including phenoxy) is 2. The van der Waals surface area contributed by atoms with Crippen LogP contribution >= 0.6 is 0 Å². The quantitative estimate of drug-likeness (QED) is 0.431. The van der Waals surface area contributed by atoms with E-state index in [0.29, 0.717) is 34.6 Å². The van der Waals surface area contributed by atoms with Crippen LogP contribution in [0.25, 0.3) is 11.0 Å². The van der Waals surface area contributed by atoms with E-state index in [4.69, 9.17) is 13.9 Å². The SMILES string of the molecule is CCOCc1c(C(=O)O[C@@H](C)C(=O)c2[nH]c(C)c(C(C)=O)c2C)oc2ccccc12. The molecule has 0 fully saturated rings. The number of fused-ring (bicyclic) bond motifs is 1. The summed E-state index contributed by atoms with van der Waals surface area (Å²) in [6, 6.07) is 7.25. The third-order valence-electron chi connectivity index (χ3n) is 5.02. The summed E-state index contributed by atoms with van der Waals surface area (Å²) in [6.45, 7) is 8.89. The Morgan fingerprint density at radius 1 is 1.17 bits per heavy atom. The van der Waals surface area contributed by atoms with Gasteiger partial charge in [-0.25, -0.2) is 4.79 Å². The number of furan rings is 1. The summed E-state index contributed by atoms with van der Waals surface area (Å²) in [6.07, 6.45) is -1.07. The van der Waals surface area contributed by atoms with Crippen molar-refractivity contribution in [3.8, 4) is 0 Å². The molecule has 0 amide bonds. The minimum absolute atomic E-state index is 0.0214.